The Bertz CT molecular complexity index is 619. The Labute approximate surface area is 144 Å². The zero-order chi connectivity index (χ0) is 17.8. The SMILES string of the molecule is CO[C@@H]1[C@@H](OS(C)(=O)=O)CC[C@]2(CO2)[C@H]1[C@@]1(C)O[C@@H]1CC=C(C)C. The maximum absolute atomic E-state index is 11.6. The molecule has 0 bridgehead atoms. The maximum Gasteiger partial charge on any atom is 0.264 e. The molecule has 1 aliphatic carbocycles. The molecule has 0 N–H and O–H groups in total. The third kappa shape index (κ3) is 3.42. The second kappa shape index (κ2) is 6.06. The van der Waals surface area contributed by atoms with Crippen molar-refractivity contribution in [1.29, 1.82) is 0 Å². The number of ether oxygens (including phenoxy) is 3. The number of allylic oxidation sites excluding steroid dienone is 1. The Morgan fingerprint density at radius 2 is 2.04 bits per heavy atom. The van der Waals surface area contributed by atoms with Gasteiger partial charge in [0.2, 0.25) is 0 Å². The van der Waals surface area contributed by atoms with E-state index < -0.39 is 16.2 Å². The highest BCUT2D eigenvalue weighted by Gasteiger charge is 2.72. The summed E-state index contributed by atoms with van der Waals surface area (Å²) in [6.07, 6.45) is 4.73. The Morgan fingerprint density at radius 1 is 1.38 bits per heavy atom. The van der Waals surface area contributed by atoms with Crippen molar-refractivity contribution < 1.29 is 26.8 Å². The molecule has 3 aliphatic rings. The maximum atomic E-state index is 11.6. The van der Waals surface area contributed by atoms with Gasteiger partial charge in [-0.15, -0.1) is 0 Å². The average molecular weight is 360 g/mol. The van der Waals surface area contributed by atoms with Crippen molar-refractivity contribution >= 4 is 10.1 Å². The van der Waals surface area contributed by atoms with Crippen LogP contribution in [0.1, 0.15) is 40.0 Å². The molecule has 2 saturated heterocycles. The Morgan fingerprint density at radius 3 is 2.54 bits per heavy atom. The molecule has 1 spiro atoms. The highest BCUT2D eigenvalue weighted by molar-refractivity contribution is 7.86. The monoisotopic (exact) mass is 360 g/mol. The van der Waals surface area contributed by atoms with E-state index in [9.17, 15) is 8.42 Å². The van der Waals surface area contributed by atoms with E-state index in [-0.39, 0.29) is 29.3 Å². The van der Waals surface area contributed by atoms with Gasteiger partial charge in [0.25, 0.3) is 10.1 Å². The minimum Gasteiger partial charge on any atom is -0.378 e. The van der Waals surface area contributed by atoms with Gasteiger partial charge in [0, 0.05) is 7.11 Å². The largest absolute Gasteiger partial charge is 0.378 e. The highest BCUT2D eigenvalue weighted by atomic mass is 32.2. The zero-order valence-electron chi connectivity index (χ0n) is 15.1. The topological polar surface area (TPSA) is 77.7 Å². The Kier molecular flexibility index (Phi) is 4.62. The van der Waals surface area contributed by atoms with Crippen molar-refractivity contribution in [3.63, 3.8) is 0 Å². The number of rotatable bonds is 6. The van der Waals surface area contributed by atoms with E-state index in [1.165, 1.54) is 5.57 Å². The van der Waals surface area contributed by atoms with Crippen LogP contribution in [0.3, 0.4) is 0 Å². The molecule has 24 heavy (non-hydrogen) atoms. The van der Waals surface area contributed by atoms with Crippen LogP contribution >= 0.6 is 0 Å². The van der Waals surface area contributed by atoms with E-state index in [1.54, 1.807) is 7.11 Å². The molecule has 0 aromatic heterocycles. The van der Waals surface area contributed by atoms with E-state index in [1.807, 2.05) is 0 Å². The fourth-order valence-electron chi connectivity index (χ4n) is 4.27. The first-order chi connectivity index (χ1) is 11.1. The molecule has 0 amide bonds. The lowest BCUT2D eigenvalue weighted by Gasteiger charge is -2.42. The molecule has 3 rings (SSSR count). The van der Waals surface area contributed by atoms with Crippen LogP contribution in [-0.2, 0) is 28.5 Å². The Hall–Kier alpha value is -0.470. The Balaban J connectivity index is 1.82. The molecule has 2 heterocycles. The van der Waals surface area contributed by atoms with Gasteiger partial charge in [-0.3, -0.25) is 4.18 Å². The van der Waals surface area contributed by atoms with E-state index in [0.29, 0.717) is 13.0 Å². The van der Waals surface area contributed by atoms with E-state index in [0.717, 1.165) is 19.1 Å². The minimum absolute atomic E-state index is 0.0361. The van der Waals surface area contributed by atoms with Gasteiger partial charge in [-0.25, -0.2) is 0 Å². The highest BCUT2D eigenvalue weighted by Crippen LogP contribution is 2.59. The van der Waals surface area contributed by atoms with Crippen LogP contribution in [0.15, 0.2) is 11.6 Å². The second-order valence-electron chi connectivity index (χ2n) is 7.72. The molecule has 138 valence electrons. The van der Waals surface area contributed by atoms with E-state index >= 15 is 0 Å². The van der Waals surface area contributed by atoms with Crippen molar-refractivity contribution in [2.45, 2.75) is 69.5 Å². The van der Waals surface area contributed by atoms with Crippen molar-refractivity contribution in [1.82, 2.24) is 0 Å². The predicted octanol–water partition coefficient (Wildman–Crippen LogP) is 2.04. The number of epoxide rings is 2. The van der Waals surface area contributed by atoms with Gasteiger partial charge in [0.1, 0.15) is 11.7 Å². The number of hydrogen-bond acceptors (Lipinski definition) is 6. The molecule has 3 fully saturated rings. The molecule has 6 nitrogen and oxygen atoms in total. The van der Waals surface area contributed by atoms with Crippen molar-refractivity contribution in [3.05, 3.63) is 11.6 Å². The van der Waals surface area contributed by atoms with Crippen LogP contribution in [0, 0.1) is 5.92 Å². The van der Waals surface area contributed by atoms with Gasteiger partial charge < -0.3 is 14.2 Å². The summed E-state index contributed by atoms with van der Waals surface area (Å²) < 4.78 is 46.1. The summed E-state index contributed by atoms with van der Waals surface area (Å²) in [4.78, 5) is 0. The molecule has 0 aromatic carbocycles. The molecular weight excluding hydrogens is 332 g/mol. The predicted molar refractivity (Wildman–Crippen MR) is 89.2 cm³/mol. The minimum atomic E-state index is -3.54. The summed E-state index contributed by atoms with van der Waals surface area (Å²) in [7, 11) is -1.93. The zero-order valence-corrected chi connectivity index (χ0v) is 15.9. The first kappa shape index (κ1) is 18.3. The molecule has 7 heteroatoms. The van der Waals surface area contributed by atoms with Crippen LogP contribution in [0.5, 0.6) is 0 Å². The summed E-state index contributed by atoms with van der Waals surface area (Å²) in [6, 6.07) is 0. The lowest BCUT2D eigenvalue weighted by atomic mass is 9.68. The molecule has 6 atom stereocenters. The summed E-state index contributed by atoms with van der Waals surface area (Å²) in [6.45, 7) is 6.90. The molecule has 0 unspecified atom stereocenters. The van der Waals surface area contributed by atoms with Gasteiger partial charge in [-0.1, -0.05) is 11.6 Å². The lowest BCUT2D eigenvalue weighted by Crippen LogP contribution is -2.55. The number of methoxy groups -OCH3 is 1. The lowest BCUT2D eigenvalue weighted by molar-refractivity contribution is -0.105. The fraction of sp³-hybridized carbons (Fsp3) is 0.882. The summed E-state index contributed by atoms with van der Waals surface area (Å²) in [5, 5.41) is 0. The van der Waals surface area contributed by atoms with Crippen LogP contribution in [-0.4, -0.2) is 57.9 Å². The van der Waals surface area contributed by atoms with Crippen LogP contribution in [0.4, 0.5) is 0 Å². The van der Waals surface area contributed by atoms with Gasteiger partial charge in [0.15, 0.2) is 0 Å². The van der Waals surface area contributed by atoms with Gasteiger partial charge >= 0.3 is 0 Å². The van der Waals surface area contributed by atoms with Gasteiger partial charge in [0.05, 0.1) is 36.6 Å². The third-order valence-corrected chi connectivity index (χ3v) is 6.13. The summed E-state index contributed by atoms with van der Waals surface area (Å²) in [5.41, 5.74) is 0.630. The average Bonchev–Trinajstić information content (AvgIpc) is 3.36. The van der Waals surface area contributed by atoms with Crippen molar-refractivity contribution in [3.8, 4) is 0 Å². The van der Waals surface area contributed by atoms with Gasteiger partial charge in [-0.05, 0) is 40.0 Å². The standard InChI is InChI=1S/C17H28O6S/c1-11(2)6-7-13-16(3,22-13)15-14(20-4)12(23-24(5,18)19)8-9-17(15)10-21-17/h6,12-15H,7-10H2,1-5H3/t12-,13+,14+,15+,16-,17-/m0/s1. The molecule has 0 aromatic rings. The fourth-order valence-corrected chi connectivity index (χ4v) is 4.93. The van der Waals surface area contributed by atoms with Crippen molar-refractivity contribution in [2.75, 3.05) is 20.0 Å². The normalized spacial score (nSPS) is 44.4. The first-order valence-corrected chi connectivity index (χ1v) is 10.3. The number of hydrogen-bond donors (Lipinski definition) is 0. The molecule has 2 aliphatic heterocycles. The summed E-state index contributed by atoms with van der Waals surface area (Å²) in [5.74, 6) is -0.0361. The van der Waals surface area contributed by atoms with Crippen LogP contribution in [0.2, 0.25) is 0 Å². The van der Waals surface area contributed by atoms with Crippen LogP contribution < -0.4 is 0 Å². The summed E-state index contributed by atoms with van der Waals surface area (Å²) >= 11 is 0. The van der Waals surface area contributed by atoms with Gasteiger partial charge in [-0.2, -0.15) is 8.42 Å². The molecule has 1 saturated carbocycles. The van der Waals surface area contributed by atoms with Crippen LogP contribution in [0.25, 0.3) is 0 Å². The molecular formula is C17H28O6S. The first-order valence-electron chi connectivity index (χ1n) is 8.47. The second-order valence-corrected chi connectivity index (χ2v) is 9.32. The quantitative estimate of drug-likeness (QED) is 0.410. The third-order valence-electron chi connectivity index (χ3n) is 5.54. The van der Waals surface area contributed by atoms with E-state index in [2.05, 4.69) is 26.8 Å². The van der Waals surface area contributed by atoms with E-state index in [4.69, 9.17) is 18.4 Å². The molecule has 0 radical (unpaired) electrons. The van der Waals surface area contributed by atoms with Crippen molar-refractivity contribution in [2.24, 2.45) is 5.92 Å². The smallest absolute Gasteiger partial charge is 0.264 e.